The molecule has 0 aromatic heterocycles. The molecule has 0 aliphatic heterocycles. The van der Waals surface area contributed by atoms with E-state index in [-0.39, 0.29) is 0 Å². The Morgan fingerprint density at radius 2 is 1.85 bits per heavy atom. The number of nitrogens with one attached hydrogen (secondary N) is 1. The van der Waals surface area contributed by atoms with Crippen LogP contribution in [0.5, 0.6) is 5.75 Å². The fraction of sp³-hybridized carbons (Fsp3) is 0.316. The molecule has 2 aromatic carbocycles. The van der Waals surface area contributed by atoms with E-state index in [2.05, 4.69) is 5.32 Å². The lowest BCUT2D eigenvalue weighted by molar-refractivity contribution is -0.116. The van der Waals surface area contributed by atoms with E-state index in [1.54, 1.807) is 42.5 Å². The van der Waals surface area contributed by atoms with Gasteiger partial charge in [-0.05, 0) is 62.7 Å². The number of amides is 1. The van der Waals surface area contributed by atoms with Crippen LogP contribution in [0.15, 0.2) is 42.5 Å². The van der Waals surface area contributed by atoms with Gasteiger partial charge >= 0.3 is 0 Å². The van der Waals surface area contributed by atoms with Crippen LogP contribution in [0.1, 0.15) is 19.4 Å². The molecule has 6 nitrogen and oxygen atoms in total. The number of ether oxygens (including phenoxy) is 1. The highest BCUT2D eigenvalue weighted by molar-refractivity contribution is 7.92. The van der Waals surface area contributed by atoms with Crippen LogP contribution in [0.25, 0.3) is 0 Å². The van der Waals surface area contributed by atoms with Gasteiger partial charge in [-0.25, -0.2) is 8.42 Å². The Morgan fingerprint density at radius 3 is 2.37 bits per heavy atom. The van der Waals surface area contributed by atoms with Crippen molar-refractivity contribution in [2.75, 3.05) is 22.5 Å². The molecule has 1 atom stereocenters. The fourth-order valence-electron chi connectivity index (χ4n) is 2.58. The molecule has 0 saturated carbocycles. The largest absolute Gasteiger partial charge is 0.494 e. The number of rotatable bonds is 7. The molecule has 8 heteroatoms. The number of carbonyl (C=O) groups is 1. The molecule has 0 radical (unpaired) electrons. The van der Waals surface area contributed by atoms with E-state index in [1.165, 1.54) is 6.92 Å². The molecule has 1 N–H and O–H groups in total. The number of carbonyl (C=O) groups excluding carboxylic acids is 1. The van der Waals surface area contributed by atoms with E-state index in [4.69, 9.17) is 16.3 Å². The molecular formula is C19H23ClN2O4S. The minimum Gasteiger partial charge on any atom is -0.494 e. The first-order valence-corrected chi connectivity index (χ1v) is 10.7. The van der Waals surface area contributed by atoms with Gasteiger partial charge < -0.3 is 10.1 Å². The number of sulfonamides is 1. The van der Waals surface area contributed by atoms with Gasteiger partial charge in [-0.3, -0.25) is 9.10 Å². The minimum absolute atomic E-state index is 0.336. The van der Waals surface area contributed by atoms with Gasteiger partial charge in [0, 0.05) is 10.7 Å². The predicted molar refractivity (Wildman–Crippen MR) is 109 cm³/mol. The molecule has 2 aromatic rings. The van der Waals surface area contributed by atoms with Crippen molar-refractivity contribution in [3.05, 3.63) is 53.1 Å². The number of hydrogen-bond donors (Lipinski definition) is 1. The lowest BCUT2D eigenvalue weighted by atomic mass is 10.2. The van der Waals surface area contributed by atoms with E-state index < -0.39 is 22.0 Å². The molecule has 1 unspecified atom stereocenters. The van der Waals surface area contributed by atoms with Crippen LogP contribution in [0.4, 0.5) is 11.4 Å². The van der Waals surface area contributed by atoms with E-state index in [9.17, 15) is 13.2 Å². The summed E-state index contributed by atoms with van der Waals surface area (Å²) in [6.07, 6.45) is 1.06. The van der Waals surface area contributed by atoms with Crippen molar-refractivity contribution in [3.8, 4) is 5.75 Å². The maximum Gasteiger partial charge on any atom is 0.247 e. The molecule has 0 bridgehead atoms. The van der Waals surface area contributed by atoms with E-state index in [0.29, 0.717) is 28.8 Å². The smallest absolute Gasteiger partial charge is 0.247 e. The number of benzene rings is 2. The molecule has 1 amide bonds. The van der Waals surface area contributed by atoms with E-state index in [0.717, 1.165) is 16.1 Å². The fourth-order valence-corrected chi connectivity index (χ4v) is 3.92. The Kier molecular flexibility index (Phi) is 6.73. The molecule has 0 aliphatic rings. The van der Waals surface area contributed by atoms with Crippen molar-refractivity contribution < 1.29 is 17.9 Å². The van der Waals surface area contributed by atoms with Crippen LogP contribution in [0, 0.1) is 6.92 Å². The third-order valence-corrected chi connectivity index (χ3v) is 5.58. The van der Waals surface area contributed by atoms with Crippen molar-refractivity contribution in [2.45, 2.75) is 26.8 Å². The second kappa shape index (κ2) is 8.63. The van der Waals surface area contributed by atoms with Crippen LogP contribution < -0.4 is 14.4 Å². The molecule has 0 fully saturated rings. The zero-order valence-corrected chi connectivity index (χ0v) is 17.3. The summed E-state index contributed by atoms with van der Waals surface area (Å²) in [5.41, 5.74) is 1.70. The Morgan fingerprint density at radius 1 is 1.22 bits per heavy atom. The van der Waals surface area contributed by atoms with Crippen molar-refractivity contribution in [1.82, 2.24) is 0 Å². The maximum absolute atomic E-state index is 12.7. The van der Waals surface area contributed by atoms with Crippen molar-refractivity contribution in [3.63, 3.8) is 0 Å². The number of hydrogen-bond acceptors (Lipinski definition) is 4. The quantitative estimate of drug-likeness (QED) is 0.752. The summed E-state index contributed by atoms with van der Waals surface area (Å²) in [6.45, 7) is 5.78. The maximum atomic E-state index is 12.7. The zero-order valence-electron chi connectivity index (χ0n) is 15.7. The highest BCUT2D eigenvalue weighted by atomic mass is 35.5. The summed E-state index contributed by atoms with van der Waals surface area (Å²) in [6, 6.07) is 10.8. The van der Waals surface area contributed by atoms with Crippen LogP contribution >= 0.6 is 11.6 Å². The standard InChI is InChI=1S/C19H23ClN2O4S/c1-5-26-17-10-7-15(8-11-17)21-19(23)14(3)22(27(4,24)25)16-9-6-13(2)18(20)12-16/h6-12,14H,5H2,1-4H3,(H,21,23). The molecular weight excluding hydrogens is 388 g/mol. The molecule has 2 rings (SSSR count). The molecule has 0 heterocycles. The lowest BCUT2D eigenvalue weighted by Gasteiger charge is -2.28. The average molecular weight is 411 g/mol. The topological polar surface area (TPSA) is 75.7 Å². The molecule has 0 aliphatic carbocycles. The SMILES string of the molecule is CCOc1ccc(NC(=O)C(C)N(c2ccc(C)c(Cl)c2)S(C)(=O)=O)cc1. The second-order valence-electron chi connectivity index (χ2n) is 6.11. The monoisotopic (exact) mass is 410 g/mol. The number of anilines is 2. The normalized spacial score (nSPS) is 12.3. The Bertz CT molecular complexity index is 914. The van der Waals surface area contributed by atoms with Crippen molar-refractivity contribution in [1.29, 1.82) is 0 Å². The first kappa shape index (κ1) is 21.1. The number of aryl methyl sites for hydroxylation is 1. The van der Waals surface area contributed by atoms with Gasteiger partial charge in [0.15, 0.2) is 0 Å². The summed E-state index contributed by atoms with van der Waals surface area (Å²) in [4.78, 5) is 12.7. The summed E-state index contributed by atoms with van der Waals surface area (Å²) in [7, 11) is -3.70. The molecule has 146 valence electrons. The van der Waals surface area contributed by atoms with Gasteiger partial charge in [-0.15, -0.1) is 0 Å². The van der Waals surface area contributed by atoms with Gasteiger partial charge in [0.1, 0.15) is 11.8 Å². The highest BCUT2D eigenvalue weighted by Crippen LogP contribution is 2.27. The average Bonchev–Trinajstić information content (AvgIpc) is 2.59. The van der Waals surface area contributed by atoms with Crippen LogP contribution in [-0.2, 0) is 14.8 Å². The molecule has 27 heavy (non-hydrogen) atoms. The van der Waals surface area contributed by atoms with Crippen LogP contribution in [0.2, 0.25) is 5.02 Å². The summed E-state index contributed by atoms with van der Waals surface area (Å²) >= 11 is 6.13. The van der Waals surface area contributed by atoms with Gasteiger partial charge in [-0.2, -0.15) is 0 Å². The van der Waals surface area contributed by atoms with Gasteiger partial charge in [0.2, 0.25) is 15.9 Å². The first-order valence-electron chi connectivity index (χ1n) is 8.42. The molecule has 0 saturated heterocycles. The first-order chi connectivity index (χ1) is 12.6. The van der Waals surface area contributed by atoms with Gasteiger partial charge in [0.05, 0.1) is 18.6 Å². The number of halogens is 1. The third-order valence-electron chi connectivity index (χ3n) is 3.93. The summed E-state index contributed by atoms with van der Waals surface area (Å²) in [5, 5.41) is 3.16. The summed E-state index contributed by atoms with van der Waals surface area (Å²) < 4.78 is 31.1. The van der Waals surface area contributed by atoms with E-state index in [1.807, 2.05) is 13.8 Å². The van der Waals surface area contributed by atoms with Crippen LogP contribution in [-0.4, -0.2) is 33.2 Å². The summed E-state index contributed by atoms with van der Waals surface area (Å²) in [5.74, 6) is 0.233. The van der Waals surface area contributed by atoms with Crippen molar-refractivity contribution >= 4 is 38.9 Å². The highest BCUT2D eigenvalue weighted by Gasteiger charge is 2.29. The molecule has 0 spiro atoms. The predicted octanol–water partition coefficient (Wildman–Crippen LogP) is 3.84. The Hall–Kier alpha value is -2.25. The minimum atomic E-state index is -3.70. The van der Waals surface area contributed by atoms with Crippen LogP contribution in [0.3, 0.4) is 0 Å². The van der Waals surface area contributed by atoms with Crippen molar-refractivity contribution in [2.24, 2.45) is 0 Å². The second-order valence-corrected chi connectivity index (χ2v) is 8.38. The van der Waals surface area contributed by atoms with Gasteiger partial charge in [-0.1, -0.05) is 17.7 Å². The van der Waals surface area contributed by atoms with E-state index >= 15 is 0 Å². The Labute approximate surface area is 165 Å². The number of nitrogens with zero attached hydrogens (tertiary/aromatic N) is 1. The third kappa shape index (κ3) is 5.37. The zero-order chi connectivity index (χ0) is 20.2. The lowest BCUT2D eigenvalue weighted by Crippen LogP contribution is -2.45. The Balaban J connectivity index is 2.25. The van der Waals surface area contributed by atoms with Gasteiger partial charge in [0.25, 0.3) is 0 Å².